The van der Waals surface area contributed by atoms with Crippen LogP contribution in [0.15, 0.2) is 0 Å². The molecule has 0 aliphatic carbocycles. The van der Waals surface area contributed by atoms with Crippen LogP contribution >= 0.6 is 0 Å². The fraction of sp³-hybridized carbons (Fsp3) is 0.900. The molecule has 3 unspecified atom stereocenters. The summed E-state index contributed by atoms with van der Waals surface area (Å²) in [4.78, 5) is 13.2. The van der Waals surface area contributed by atoms with Gasteiger partial charge in [0.15, 0.2) is 0 Å². The third-order valence-corrected chi connectivity index (χ3v) is 3.55. The molecule has 2 aliphatic rings. The van der Waals surface area contributed by atoms with E-state index >= 15 is 0 Å². The van der Waals surface area contributed by atoms with Gasteiger partial charge in [-0.2, -0.15) is 0 Å². The second-order valence-electron chi connectivity index (χ2n) is 4.42. The van der Waals surface area contributed by atoms with Gasteiger partial charge >= 0.3 is 0 Å². The van der Waals surface area contributed by atoms with Crippen LogP contribution in [0.5, 0.6) is 0 Å². The number of carbonyl (C=O) groups is 1. The number of nitrogens with two attached hydrogens (primary N) is 1. The standard InChI is InChI=1S/C10H18N2O2/c1-7(10(11)13)12-3-2-8-5-14-6-9(8)4-12/h7-9H,2-6H2,1H3,(H2,11,13). The Labute approximate surface area is 84.4 Å². The smallest absolute Gasteiger partial charge is 0.234 e. The molecule has 2 saturated heterocycles. The van der Waals surface area contributed by atoms with Gasteiger partial charge in [0, 0.05) is 19.1 Å². The molecule has 0 bridgehead atoms. The Morgan fingerprint density at radius 3 is 2.93 bits per heavy atom. The average Bonchev–Trinajstić information content (AvgIpc) is 2.62. The molecule has 0 aromatic rings. The van der Waals surface area contributed by atoms with Crippen molar-refractivity contribution in [2.24, 2.45) is 17.6 Å². The van der Waals surface area contributed by atoms with E-state index in [2.05, 4.69) is 4.90 Å². The molecule has 0 aromatic carbocycles. The number of hydrogen-bond acceptors (Lipinski definition) is 3. The summed E-state index contributed by atoms with van der Waals surface area (Å²) >= 11 is 0. The predicted molar refractivity (Wildman–Crippen MR) is 52.6 cm³/mol. The molecule has 2 fully saturated rings. The molecule has 4 nitrogen and oxygen atoms in total. The number of rotatable bonds is 2. The summed E-state index contributed by atoms with van der Waals surface area (Å²) in [6, 6.07) is -0.128. The van der Waals surface area contributed by atoms with Crippen LogP contribution in [0, 0.1) is 11.8 Å². The number of piperidine rings is 1. The normalized spacial score (nSPS) is 35.2. The summed E-state index contributed by atoms with van der Waals surface area (Å²) in [5.74, 6) is 1.11. The van der Waals surface area contributed by atoms with E-state index in [4.69, 9.17) is 10.5 Å². The number of nitrogens with zero attached hydrogens (tertiary/aromatic N) is 1. The van der Waals surface area contributed by atoms with Gasteiger partial charge in [-0.1, -0.05) is 0 Å². The molecule has 0 aromatic heterocycles. The van der Waals surface area contributed by atoms with Crippen LogP contribution < -0.4 is 5.73 Å². The minimum atomic E-state index is -0.220. The monoisotopic (exact) mass is 198 g/mol. The van der Waals surface area contributed by atoms with E-state index in [0.717, 1.165) is 32.7 Å². The number of fused-ring (bicyclic) bond motifs is 1. The zero-order valence-corrected chi connectivity index (χ0v) is 8.61. The topological polar surface area (TPSA) is 55.6 Å². The van der Waals surface area contributed by atoms with Crippen molar-refractivity contribution in [3.63, 3.8) is 0 Å². The van der Waals surface area contributed by atoms with Crippen molar-refractivity contribution in [1.29, 1.82) is 0 Å². The van der Waals surface area contributed by atoms with Gasteiger partial charge in [0.2, 0.25) is 5.91 Å². The van der Waals surface area contributed by atoms with E-state index in [1.165, 1.54) is 0 Å². The minimum Gasteiger partial charge on any atom is -0.381 e. The number of hydrogen-bond donors (Lipinski definition) is 1. The molecule has 1 amide bonds. The number of primary amides is 1. The molecule has 2 aliphatic heterocycles. The fourth-order valence-corrected chi connectivity index (χ4v) is 2.42. The lowest BCUT2D eigenvalue weighted by Gasteiger charge is -2.36. The van der Waals surface area contributed by atoms with Crippen molar-refractivity contribution in [2.45, 2.75) is 19.4 Å². The van der Waals surface area contributed by atoms with Crippen LogP contribution in [0.3, 0.4) is 0 Å². The summed E-state index contributed by atoms with van der Waals surface area (Å²) in [7, 11) is 0. The van der Waals surface area contributed by atoms with Gasteiger partial charge in [-0.25, -0.2) is 0 Å². The predicted octanol–water partition coefficient (Wildman–Crippen LogP) is -0.171. The van der Waals surface area contributed by atoms with Crippen molar-refractivity contribution < 1.29 is 9.53 Å². The highest BCUT2D eigenvalue weighted by Gasteiger charge is 2.35. The first-order chi connectivity index (χ1) is 6.68. The maximum Gasteiger partial charge on any atom is 0.234 e. The third kappa shape index (κ3) is 1.77. The van der Waals surface area contributed by atoms with Crippen molar-refractivity contribution in [2.75, 3.05) is 26.3 Å². The number of carbonyl (C=O) groups excluding carboxylic acids is 1. The van der Waals surface area contributed by atoms with E-state index in [1.807, 2.05) is 6.92 Å². The molecule has 80 valence electrons. The fourth-order valence-electron chi connectivity index (χ4n) is 2.42. The first kappa shape index (κ1) is 9.93. The first-order valence-electron chi connectivity index (χ1n) is 5.29. The zero-order valence-electron chi connectivity index (χ0n) is 8.61. The maximum absolute atomic E-state index is 11.0. The Bertz CT molecular complexity index is 232. The van der Waals surface area contributed by atoms with Crippen LogP contribution in [-0.4, -0.2) is 43.2 Å². The summed E-state index contributed by atoms with van der Waals surface area (Å²) in [6.07, 6.45) is 1.14. The Balaban J connectivity index is 1.94. The highest BCUT2D eigenvalue weighted by atomic mass is 16.5. The molecule has 14 heavy (non-hydrogen) atoms. The molecule has 0 saturated carbocycles. The molecule has 2 N–H and O–H groups in total. The van der Waals surface area contributed by atoms with Gasteiger partial charge in [0.25, 0.3) is 0 Å². The zero-order chi connectivity index (χ0) is 10.1. The Hall–Kier alpha value is -0.610. The molecule has 0 radical (unpaired) electrons. The quantitative estimate of drug-likeness (QED) is 0.670. The van der Waals surface area contributed by atoms with Crippen LogP contribution in [0.25, 0.3) is 0 Å². The average molecular weight is 198 g/mol. The molecule has 3 atom stereocenters. The lowest BCUT2D eigenvalue weighted by molar-refractivity contribution is -0.123. The van der Waals surface area contributed by atoms with Crippen molar-refractivity contribution in [3.05, 3.63) is 0 Å². The highest BCUT2D eigenvalue weighted by molar-refractivity contribution is 5.79. The highest BCUT2D eigenvalue weighted by Crippen LogP contribution is 2.29. The molecule has 2 heterocycles. The van der Waals surface area contributed by atoms with Gasteiger partial charge < -0.3 is 10.5 Å². The Morgan fingerprint density at radius 1 is 1.50 bits per heavy atom. The van der Waals surface area contributed by atoms with Crippen LogP contribution in [0.4, 0.5) is 0 Å². The summed E-state index contributed by atoms with van der Waals surface area (Å²) in [5, 5.41) is 0. The molecular formula is C10H18N2O2. The lowest BCUT2D eigenvalue weighted by Crippen LogP contribution is -2.49. The Kier molecular flexibility index (Phi) is 2.74. The maximum atomic E-state index is 11.0. The van der Waals surface area contributed by atoms with Crippen molar-refractivity contribution in [1.82, 2.24) is 4.90 Å². The van der Waals surface area contributed by atoms with Gasteiger partial charge in [0.05, 0.1) is 12.6 Å². The van der Waals surface area contributed by atoms with Crippen molar-refractivity contribution in [3.8, 4) is 0 Å². The van der Waals surface area contributed by atoms with Crippen LogP contribution in [0.2, 0.25) is 0 Å². The Morgan fingerprint density at radius 2 is 2.21 bits per heavy atom. The number of likely N-dealkylation sites (tertiary alicyclic amines) is 1. The van der Waals surface area contributed by atoms with E-state index in [1.54, 1.807) is 0 Å². The van der Waals surface area contributed by atoms with Gasteiger partial charge in [-0.15, -0.1) is 0 Å². The SMILES string of the molecule is CC(C(N)=O)N1CCC2COCC2C1. The number of amides is 1. The van der Waals surface area contributed by atoms with Crippen molar-refractivity contribution >= 4 is 5.91 Å². The summed E-state index contributed by atoms with van der Waals surface area (Å²) in [6.45, 7) is 5.60. The lowest BCUT2D eigenvalue weighted by atomic mass is 9.88. The van der Waals surface area contributed by atoms with E-state index < -0.39 is 0 Å². The van der Waals surface area contributed by atoms with Crippen LogP contribution in [0.1, 0.15) is 13.3 Å². The second kappa shape index (κ2) is 3.87. The molecular weight excluding hydrogens is 180 g/mol. The van der Waals surface area contributed by atoms with Gasteiger partial charge in [-0.3, -0.25) is 9.69 Å². The third-order valence-electron chi connectivity index (χ3n) is 3.55. The summed E-state index contributed by atoms with van der Waals surface area (Å²) in [5.41, 5.74) is 5.29. The summed E-state index contributed by atoms with van der Waals surface area (Å²) < 4.78 is 5.44. The molecule has 4 heteroatoms. The van der Waals surface area contributed by atoms with E-state index in [-0.39, 0.29) is 11.9 Å². The second-order valence-corrected chi connectivity index (χ2v) is 4.42. The largest absolute Gasteiger partial charge is 0.381 e. The van der Waals surface area contributed by atoms with Crippen LogP contribution in [-0.2, 0) is 9.53 Å². The van der Waals surface area contributed by atoms with Gasteiger partial charge in [-0.05, 0) is 25.8 Å². The van der Waals surface area contributed by atoms with E-state index in [0.29, 0.717) is 11.8 Å². The minimum absolute atomic E-state index is 0.128. The van der Waals surface area contributed by atoms with E-state index in [9.17, 15) is 4.79 Å². The number of ether oxygens (including phenoxy) is 1. The molecule has 0 spiro atoms. The first-order valence-corrected chi connectivity index (χ1v) is 5.29. The molecule has 2 rings (SSSR count). The van der Waals surface area contributed by atoms with Gasteiger partial charge in [0.1, 0.15) is 0 Å².